The monoisotopic (exact) mass is 765 g/mol. The molecule has 2 heterocycles. The summed E-state index contributed by atoms with van der Waals surface area (Å²) in [6.07, 6.45) is 0. The smallest absolute Gasteiger partial charge is 0.143 e. The zero-order valence-electron chi connectivity index (χ0n) is 32.5. The van der Waals surface area contributed by atoms with Crippen molar-refractivity contribution in [3.8, 4) is 33.8 Å². The van der Waals surface area contributed by atoms with Crippen molar-refractivity contribution < 1.29 is 9.15 Å². The molecule has 0 unspecified atom stereocenters. The molecule has 0 fully saturated rings. The Labute approximate surface area is 347 Å². The second-order valence-electron chi connectivity index (χ2n) is 15.9. The van der Waals surface area contributed by atoms with E-state index >= 15 is 0 Å². The first-order chi connectivity index (χ1) is 29.8. The molecule has 60 heavy (non-hydrogen) atoms. The highest BCUT2D eigenvalue weighted by Crippen LogP contribution is 2.62. The van der Waals surface area contributed by atoms with Crippen molar-refractivity contribution >= 4 is 60.5 Å². The summed E-state index contributed by atoms with van der Waals surface area (Å²) in [6, 6.07) is 76.7. The SMILES string of the molecule is c1ccc2c(c1)Oc1ccccc1C21c2ccccc2-c2ccc(-c3ccc(N(c4cccc5ccccc45)c4cc5c6ccccc6oc5c5ccccc45)cc3)cc21. The number of anilines is 3. The van der Waals surface area contributed by atoms with Gasteiger partial charge in [-0.1, -0.05) is 164 Å². The summed E-state index contributed by atoms with van der Waals surface area (Å²) in [4.78, 5) is 2.43. The molecular formula is C57H35NO2. The maximum Gasteiger partial charge on any atom is 0.143 e. The van der Waals surface area contributed by atoms with Gasteiger partial charge in [-0.05, 0) is 87.3 Å². The second kappa shape index (κ2) is 12.6. The first-order valence-electron chi connectivity index (χ1n) is 20.6. The van der Waals surface area contributed by atoms with Crippen LogP contribution < -0.4 is 9.64 Å². The summed E-state index contributed by atoms with van der Waals surface area (Å²) in [5.74, 6) is 1.80. The van der Waals surface area contributed by atoms with Gasteiger partial charge in [-0.15, -0.1) is 0 Å². The van der Waals surface area contributed by atoms with Crippen LogP contribution >= 0.6 is 0 Å². The molecule has 1 aromatic heterocycles. The van der Waals surface area contributed by atoms with Gasteiger partial charge in [0.15, 0.2) is 0 Å². The molecule has 1 spiro atoms. The van der Waals surface area contributed by atoms with E-state index in [2.05, 4.69) is 211 Å². The zero-order chi connectivity index (χ0) is 39.4. The maximum absolute atomic E-state index is 6.60. The van der Waals surface area contributed by atoms with Gasteiger partial charge in [0.1, 0.15) is 22.7 Å². The van der Waals surface area contributed by atoms with Crippen LogP contribution in [-0.4, -0.2) is 0 Å². The Kier molecular flexibility index (Phi) is 6.93. The third-order valence-corrected chi connectivity index (χ3v) is 12.9. The van der Waals surface area contributed by atoms with E-state index in [0.29, 0.717) is 0 Å². The lowest BCUT2D eigenvalue weighted by Gasteiger charge is -2.39. The number of hydrogen-bond acceptors (Lipinski definition) is 3. The van der Waals surface area contributed by atoms with Gasteiger partial charge in [-0.25, -0.2) is 0 Å². The zero-order valence-corrected chi connectivity index (χ0v) is 32.5. The lowest BCUT2D eigenvalue weighted by molar-refractivity contribution is 0.436. The molecule has 10 aromatic carbocycles. The number of ether oxygens (including phenoxy) is 1. The Balaban J connectivity index is 1.01. The Morgan fingerprint density at radius 2 is 0.967 bits per heavy atom. The van der Waals surface area contributed by atoms with Crippen molar-refractivity contribution in [2.75, 3.05) is 4.90 Å². The van der Waals surface area contributed by atoms with Gasteiger partial charge in [-0.2, -0.15) is 0 Å². The lowest BCUT2D eigenvalue weighted by atomic mass is 9.66. The number of para-hydroxylation sites is 3. The number of furan rings is 1. The normalized spacial score (nSPS) is 13.3. The summed E-state index contributed by atoms with van der Waals surface area (Å²) in [7, 11) is 0. The molecule has 280 valence electrons. The van der Waals surface area contributed by atoms with E-state index in [9.17, 15) is 0 Å². The molecule has 13 rings (SSSR count). The molecule has 3 nitrogen and oxygen atoms in total. The van der Waals surface area contributed by atoms with E-state index in [1.54, 1.807) is 0 Å². The van der Waals surface area contributed by atoms with Crippen LogP contribution in [0.15, 0.2) is 217 Å². The highest BCUT2D eigenvalue weighted by Gasteiger charge is 2.51. The third kappa shape index (κ3) is 4.54. The topological polar surface area (TPSA) is 25.6 Å². The Morgan fingerprint density at radius 3 is 1.77 bits per heavy atom. The van der Waals surface area contributed by atoms with Gasteiger partial charge in [0.25, 0.3) is 0 Å². The fraction of sp³-hybridized carbons (Fsp3) is 0.0175. The van der Waals surface area contributed by atoms with Crippen LogP contribution in [-0.2, 0) is 5.41 Å². The van der Waals surface area contributed by atoms with Crippen LogP contribution in [0.2, 0.25) is 0 Å². The molecule has 0 radical (unpaired) electrons. The van der Waals surface area contributed by atoms with Crippen molar-refractivity contribution in [1.82, 2.24) is 0 Å². The Bertz CT molecular complexity index is 3490. The predicted octanol–water partition coefficient (Wildman–Crippen LogP) is 15.5. The maximum atomic E-state index is 6.60. The van der Waals surface area contributed by atoms with Crippen LogP contribution in [0.25, 0.3) is 65.7 Å². The third-order valence-electron chi connectivity index (χ3n) is 12.9. The summed E-state index contributed by atoms with van der Waals surface area (Å²) in [5.41, 5.74) is 14.3. The quantitative estimate of drug-likeness (QED) is 0.178. The van der Waals surface area contributed by atoms with E-state index in [1.165, 1.54) is 49.7 Å². The van der Waals surface area contributed by atoms with E-state index < -0.39 is 5.41 Å². The fourth-order valence-corrected chi connectivity index (χ4v) is 10.4. The van der Waals surface area contributed by atoms with Crippen LogP contribution in [0.3, 0.4) is 0 Å². The molecule has 3 heteroatoms. The van der Waals surface area contributed by atoms with Crippen LogP contribution in [0.4, 0.5) is 17.1 Å². The van der Waals surface area contributed by atoms with Crippen LogP contribution in [0.1, 0.15) is 22.3 Å². The average Bonchev–Trinajstić information content (AvgIpc) is 3.83. The van der Waals surface area contributed by atoms with Crippen LogP contribution in [0, 0.1) is 0 Å². The Hall–Kier alpha value is -7.88. The van der Waals surface area contributed by atoms with Gasteiger partial charge >= 0.3 is 0 Å². The van der Waals surface area contributed by atoms with Gasteiger partial charge in [0.2, 0.25) is 0 Å². The van der Waals surface area contributed by atoms with Gasteiger partial charge < -0.3 is 14.1 Å². The largest absolute Gasteiger partial charge is 0.457 e. The molecule has 0 bridgehead atoms. The van der Waals surface area contributed by atoms with Gasteiger partial charge in [-0.3, -0.25) is 0 Å². The summed E-state index contributed by atoms with van der Waals surface area (Å²) < 4.78 is 13.2. The fourth-order valence-electron chi connectivity index (χ4n) is 10.4. The van der Waals surface area contributed by atoms with Crippen molar-refractivity contribution in [2.45, 2.75) is 5.41 Å². The predicted molar refractivity (Wildman–Crippen MR) is 246 cm³/mol. The standard InChI is InChI=1S/C57H35NO2/c1-2-16-40-37(14-1)15-13-24-51(40)58(52-35-46-44-19-6-10-25-53(44)60-56(46)45-20-4-3-18-43(45)52)39-31-28-36(29-32-39)38-30-33-42-41-17-5-7-21-47(41)57(50(42)34-38)48-22-8-11-26-54(48)59-55-27-12-9-23-49(55)57/h1-35H. The summed E-state index contributed by atoms with van der Waals surface area (Å²) in [5, 5.41) is 6.81. The van der Waals surface area contributed by atoms with Crippen molar-refractivity contribution in [3.05, 3.63) is 235 Å². The number of fused-ring (bicyclic) bond motifs is 15. The molecule has 0 N–H and O–H groups in total. The molecule has 1 aliphatic heterocycles. The molecule has 0 amide bonds. The molecule has 11 aromatic rings. The summed E-state index contributed by atoms with van der Waals surface area (Å²) >= 11 is 0. The molecular weight excluding hydrogens is 731 g/mol. The van der Waals surface area contributed by atoms with E-state index in [1.807, 2.05) is 6.07 Å². The molecule has 1 aliphatic carbocycles. The first kappa shape index (κ1) is 33.1. The number of rotatable bonds is 4. The second-order valence-corrected chi connectivity index (χ2v) is 15.9. The van der Waals surface area contributed by atoms with Crippen LogP contribution in [0.5, 0.6) is 11.5 Å². The lowest BCUT2D eigenvalue weighted by Crippen LogP contribution is -2.32. The highest BCUT2D eigenvalue weighted by atomic mass is 16.5. The highest BCUT2D eigenvalue weighted by molar-refractivity contribution is 6.20. The number of nitrogens with zero attached hydrogens (tertiary/aromatic N) is 1. The number of hydrogen-bond donors (Lipinski definition) is 0. The minimum absolute atomic E-state index is 0.518. The van der Waals surface area contributed by atoms with Gasteiger partial charge in [0.05, 0.1) is 16.8 Å². The van der Waals surface area contributed by atoms with Gasteiger partial charge in [0, 0.05) is 43.7 Å². The van der Waals surface area contributed by atoms with E-state index in [-0.39, 0.29) is 0 Å². The average molecular weight is 766 g/mol. The van der Waals surface area contributed by atoms with Crippen molar-refractivity contribution in [3.63, 3.8) is 0 Å². The van der Waals surface area contributed by atoms with Crippen molar-refractivity contribution in [2.24, 2.45) is 0 Å². The van der Waals surface area contributed by atoms with Crippen molar-refractivity contribution in [1.29, 1.82) is 0 Å². The molecule has 0 atom stereocenters. The Morgan fingerprint density at radius 1 is 0.367 bits per heavy atom. The van der Waals surface area contributed by atoms with E-state index in [0.717, 1.165) is 66.8 Å². The minimum atomic E-state index is -0.518. The summed E-state index contributed by atoms with van der Waals surface area (Å²) in [6.45, 7) is 0. The molecule has 0 saturated heterocycles. The first-order valence-corrected chi connectivity index (χ1v) is 20.6. The number of benzene rings is 10. The molecule has 2 aliphatic rings. The minimum Gasteiger partial charge on any atom is -0.457 e. The molecule has 0 saturated carbocycles. The van der Waals surface area contributed by atoms with E-state index in [4.69, 9.17) is 9.15 Å².